The number of piperidine rings is 1. The highest BCUT2D eigenvalue weighted by Gasteiger charge is 2.29. The van der Waals surface area contributed by atoms with Gasteiger partial charge in [0.2, 0.25) is 15.9 Å². The van der Waals surface area contributed by atoms with Crippen LogP contribution in [0.2, 0.25) is 0 Å². The number of hydrogen-bond donors (Lipinski definition) is 2. The van der Waals surface area contributed by atoms with Crippen LogP contribution in [0.1, 0.15) is 18.4 Å². The van der Waals surface area contributed by atoms with E-state index in [4.69, 9.17) is 5.14 Å². The Morgan fingerprint density at radius 2 is 1.77 bits per heavy atom. The molecule has 146 valence electrons. The molecule has 0 saturated carbocycles. The lowest BCUT2D eigenvalue weighted by Gasteiger charge is -2.29. The number of nitrogens with one attached hydrogen (secondary N) is 1. The summed E-state index contributed by atoms with van der Waals surface area (Å²) in [6.07, 6.45) is 0.750. The number of hydrogen-bond acceptors (Lipinski definition) is 5. The summed E-state index contributed by atoms with van der Waals surface area (Å²) in [5, 5.41) is 7.84. The number of carbonyl (C=O) groups excluding carboxylic acids is 1. The molecule has 0 aromatic heterocycles. The van der Waals surface area contributed by atoms with Crippen LogP contribution in [0, 0.1) is 5.92 Å². The standard InChI is InChI=1S/C15H24N4O5S2/c1-18(2)25(21,22)14-6-4-3-5-13(14)11-17-15(20)12-7-9-19(10-8-12)26(16,23)24/h3-6,12H,7-11H2,1-2H3,(H,17,20)(H2,16,23,24). The first kappa shape index (κ1) is 20.8. The van der Waals surface area contributed by atoms with Crippen molar-refractivity contribution in [2.24, 2.45) is 11.1 Å². The Morgan fingerprint density at radius 1 is 1.19 bits per heavy atom. The third kappa shape index (κ3) is 4.80. The Balaban J connectivity index is 2.01. The van der Waals surface area contributed by atoms with Crippen molar-refractivity contribution < 1.29 is 21.6 Å². The number of sulfonamides is 1. The molecule has 1 aromatic rings. The molecule has 0 aliphatic carbocycles. The largest absolute Gasteiger partial charge is 0.352 e. The summed E-state index contributed by atoms with van der Waals surface area (Å²) in [6, 6.07) is 6.49. The zero-order valence-electron chi connectivity index (χ0n) is 14.8. The molecule has 0 bridgehead atoms. The lowest BCUT2D eigenvalue weighted by molar-refractivity contribution is -0.126. The number of rotatable bonds is 6. The van der Waals surface area contributed by atoms with Crippen LogP contribution in [-0.4, -0.2) is 58.5 Å². The minimum absolute atomic E-state index is 0.0808. The average Bonchev–Trinajstić information content (AvgIpc) is 2.59. The summed E-state index contributed by atoms with van der Waals surface area (Å²) in [5.74, 6) is -0.554. The Hall–Kier alpha value is -1.53. The maximum absolute atomic E-state index is 12.4. The molecule has 0 radical (unpaired) electrons. The summed E-state index contributed by atoms with van der Waals surface area (Å²) in [7, 11) is -4.44. The highest BCUT2D eigenvalue weighted by molar-refractivity contribution is 7.89. The van der Waals surface area contributed by atoms with E-state index >= 15 is 0 Å². The van der Waals surface area contributed by atoms with Gasteiger partial charge >= 0.3 is 0 Å². The number of nitrogens with zero attached hydrogens (tertiary/aromatic N) is 2. The van der Waals surface area contributed by atoms with Gasteiger partial charge in [-0.2, -0.15) is 12.7 Å². The molecular weight excluding hydrogens is 380 g/mol. The molecule has 1 fully saturated rings. The Morgan fingerprint density at radius 3 is 2.31 bits per heavy atom. The van der Waals surface area contributed by atoms with Gasteiger partial charge in [0, 0.05) is 39.6 Å². The third-order valence-corrected chi connectivity index (χ3v) is 7.37. The van der Waals surface area contributed by atoms with Crippen LogP contribution in [0.4, 0.5) is 0 Å². The fourth-order valence-electron chi connectivity index (χ4n) is 2.80. The molecular formula is C15H24N4O5S2. The van der Waals surface area contributed by atoms with Gasteiger partial charge in [-0.15, -0.1) is 0 Å². The Kier molecular flexibility index (Phi) is 6.40. The maximum Gasteiger partial charge on any atom is 0.276 e. The van der Waals surface area contributed by atoms with Crippen LogP contribution in [0.5, 0.6) is 0 Å². The number of benzene rings is 1. The SMILES string of the molecule is CN(C)S(=O)(=O)c1ccccc1CNC(=O)C1CCN(S(N)(=O)=O)CC1. The number of amides is 1. The molecule has 1 saturated heterocycles. The zero-order valence-corrected chi connectivity index (χ0v) is 16.4. The van der Waals surface area contributed by atoms with E-state index in [-0.39, 0.29) is 36.4 Å². The molecule has 1 aliphatic rings. The average molecular weight is 405 g/mol. The van der Waals surface area contributed by atoms with Gasteiger partial charge in [0.25, 0.3) is 10.2 Å². The second kappa shape index (κ2) is 8.01. The van der Waals surface area contributed by atoms with Crippen LogP contribution in [0.3, 0.4) is 0 Å². The number of nitrogens with two attached hydrogens (primary N) is 1. The first-order chi connectivity index (χ1) is 12.0. The van der Waals surface area contributed by atoms with Crippen LogP contribution in [-0.2, 0) is 31.6 Å². The molecule has 9 nitrogen and oxygen atoms in total. The third-order valence-electron chi connectivity index (χ3n) is 4.37. The molecule has 0 spiro atoms. The van der Waals surface area contributed by atoms with Gasteiger partial charge in [0.05, 0.1) is 4.90 Å². The predicted molar refractivity (Wildman–Crippen MR) is 96.6 cm³/mol. The molecule has 0 unspecified atom stereocenters. The van der Waals surface area contributed by atoms with Gasteiger partial charge in [0.1, 0.15) is 0 Å². The molecule has 0 atom stereocenters. The molecule has 1 aliphatic heterocycles. The second-order valence-corrected chi connectivity index (χ2v) is 10.00. The fourth-order valence-corrected chi connectivity index (χ4v) is 4.63. The second-order valence-electron chi connectivity index (χ2n) is 6.33. The van der Waals surface area contributed by atoms with Crippen LogP contribution in [0.15, 0.2) is 29.2 Å². The van der Waals surface area contributed by atoms with Crippen LogP contribution < -0.4 is 10.5 Å². The van der Waals surface area contributed by atoms with E-state index in [0.29, 0.717) is 18.4 Å². The van der Waals surface area contributed by atoms with Crippen molar-refractivity contribution in [2.75, 3.05) is 27.2 Å². The van der Waals surface area contributed by atoms with Crippen LogP contribution in [0.25, 0.3) is 0 Å². The van der Waals surface area contributed by atoms with E-state index in [1.54, 1.807) is 18.2 Å². The van der Waals surface area contributed by atoms with Crippen molar-refractivity contribution in [2.45, 2.75) is 24.3 Å². The quantitative estimate of drug-likeness (QED) is 0.658. The molecule has 1 aromatic carbocycles. The predicted octanol–water partition coefficient (Wildman–Crippen LogP) is -0.531. The van der Waals surface area contributed by atoms with Crippen molar-refractivity contribution in [1.82, 2.24) is 13.9 Å². The van der Waals surface area contributed by atoms with Gasteiger partial charge in [-0.05, 0) is 24.5 Å². The van der Waals surface area contributed by atoms with Crippen molar-refractivity contribution in [3.8, 4) is 0 Å². The minimum Gasteiger partial charge on any atom is -0.352 e. The zero-order chi connectivity index (χ0) is 19.5. The molecule has 1 heterocycles. The van der Waals surface area contributed by atoms with Crippen molar-refractivity contribution in [3.63, 3.8) is 0 Å². The molecule has 3 N–H and O–H groups in total. The topological polar surface area (TPSA) is 130 Å². The van der Waals surface area contributed by atoms with E-state index in [1.807, 2.05) is 0 Å². The Bertz CT molecular complexity index is 860. The van der Waals surface area contributed by atoms with Gasteiger partial charge in [0.15, 0.2) is 0 Å². The van der Waals surface area contributed by atoms with E-state index in [2.05, 4.69) is 5.32 Å². The first-order valence-electron chi connectivity index (χ1n) is 8.09. The monoisotopic (exact) mass is 404 g/mol. The van der Waals surface area contributed by atoms with Gasteiger partial charge in [-0.25, -0.2) is 17.9 Å². The lowest BCUT2D eigenvalue weighted by atomic mass is 9.97. The van der Waals surface area contributed by atoms with Gasteiger partial charge in [-0.3, -0.25) is 4.79 Å². The molecule has 26 heavy (non-hydrogen) atoms. The highest BCUT2D eigenvalue weighted by atomic mass is 32.2. The van der Waals surface area contributed by atoms with E-state index in [9.17, 15) is 21.6 Å². The smallest absolute Gasteiger partial charge is 0.276 e. The minimum atomic E-state index is -3.73. The lowest BCUT2D eigenvalue weighted by Crippen LogP contribution is -2.45. The molecule has 11 heteroatoms. The summed E-state index contributed by atoms with van der Waals surface area (Å²) in [4.78, 5) is 12.5. The van der Waals surface area contributed by atoms with Crippen molar-refractivity contribution in [1.29, 1.82) is 0 Å². The molecule has 1 amide bonds. The van der Waals surface area contributed by atoms with E-state index in [0.717, 1.165) is 8.61 Å². The summed E-state index contributed by atoms with van der Waals surface area (Å²) >= 11 is 0. The molecule has 2 rings (SSSR count). The van der Waals surface area contributed by atoms with Gasteiger partial charge < -0.3 is 5.32 Å². The van der Waals surface area contributed by atoms with Crippen LogP contribution >= 0.6 is 0 Å². The van der Waals surface area contributed by atoms with Crippen molar-refractivity contribution in [3.05, 3.63) is 29.8 Å². The normalized spacial score (nSPS) is 17.4. The highest BCUT2D eigenvalue weighted by Crippen LogP contribution is 2.21. The van der Waals surface area contributed by atoms with Crippen molar-refractivity contribution >= 4 is 26.1 Å². The Labute approximate surface area is 154 Å². The summed E-state index contributed by atoms with van der Waals surface area (Å²) < 4.78 is 49.6. The van der Waals surface area contributed by atoms with Gasteiger partial charge in [-0.1, -0.05) is 18.2 Å². The fraction of sp³-hybridized carbons (Fsp3) is 0.533. The maximum atomic E-state index is 12.4. The summed E-state index contributed by atoms with van der Waals surface area (Å²) in [6.45, 7) is 0.475. The van der Waals surface area contributed by atoms with E-state index < -0.39 is 20.2 Å². The van der Waals surface area contributed by atoms with E-state index in [1.165, 1.54) is 20.2 Å². The first-order valence-corrected chi connectivity index (χ1v) is 11.0. The summed E-state index contributed by atoms with van der Waals surface area (Å²) in [5.41, 5.74) is 0.497. The number of carbonyl (C=O) groups is 1.